The number of nitro groups is 1. The summed E-state index contributed by atoms with van der Waals surface area (Å²) in [4.78, 5) is 10.1. The van der Waals surface area contributed by atoms with E-state index in [4.69, 9.17) is 0 Å². The van der Waals surface area contributed by atoms with Crippen molar-refractivity contribution in [2.24, 2.45) is 5.92 Å². The molecule has 2 atom stereocenters. The number of hydrogen-bond donors (Lipinski definition) is 2. The Labute approximate surface area is 119 Å². The van der Waals surface area contributed by atoms with Crippen molar-refractivity contribution in [1.29, 1.82) is 0 Å². The van der Waals surface area contributed by atoms with E-state index in [1.807, 2.05) is 0 Å². The number of aliphatic hydroxyl groups excluding tert-OH is 1. The molecule has 0 aromatic heterocycles. The minimum absolute atomic E-state index is 0.112. The van der Waals surface area contributed by atoms with Gasteiger partial charge in [-0.1, -0.05) is 12.8 Å². The number of nitrogens with zero attached hydrogens (tertiary/aromatic N) is 1. The Morgan fingerprint density at radius 1 is 1.25 bits per heavy atom. The summed E-state index contributed by atoms with van der Waals surface area (Å²) in [6, 6.07) is 6.47. The normalized spacial score (nSPS) is 22.4. The molecule has 5 heteroatoms. The predicted octanol–water partition coefficient (Wildman–Crippen LogP) is 3.34. The van der Waals surface area contributed by atoms with Crippen LogP contribution in [0, 0.1) is 16.0 Å². The van der Waals surface area contributed by atoms with Crippen LogP contribution in [0.4, 0.5) is 11.4 Å². The van der Waals surface area contributed by atoms with Crippen LogP contribution in [0.15, 0.2) is 24.3 Å². The standard InChI is InChI=1S/C15H22N2O3/c18-15-6-2-1-4-12(15)5-3-11-16-13-7-9-14(10-8-13)17(19)20/h7-10,12,15-16,18H,1-6,11H2. The van der Waals surface area contributed by atoms with Gasteiger partial charge in [-0.25, -0.2) is 0 Å². The molecule has 0 bridgehead atoms. The van der Waals surface area contributed by atoms with Crippen LogP contribution in [0.3, 0.4) is 0 Å². The van der Waals surface area contributed by atoms with E-state index in [2.05, 4.69) is 5.32 Å². The maximum absolute atomic E-state index is 10.5. The summed E-state index contributed by atoms with van der Waals surface area (Å²) in [5.74, 6) is 0.447. The van der Waals surface area contributed by atoms with Crippen molar-refractivity contribution in [3.63, 3.8) is 0 Å². The van der Waals surface area contributed by atoms with Gasteiger partial charge in [0.2, 0.25) is 0 Å². The lowest BCUT2D eigenvalue weighted by molar-refractivity contribution is -0.384. The Bertz CT molecular complexity index is 433. The second kappa shape index (κ2) is 7.24. The first-order chi connectivity index (χ1) is 9.66. The van der Waals surface area contributed by atoms with Crippen molar-refractivity contribution < 1.29 is 10.0 Å². The van der Waals surface area contributed by atoms with Gasteiger partial charge >= 0.3 is 0 Å². The summed E-state index contributed by atoms with van der Waals surface area (Å²) in [6.07, 6.45) is 6.40. The summed E-state index contributed by atoms with van der Waals surface area (Å²) in [7, 11) is 0. The summed E-state index contributed by atoms with van der Waals surface area (Å²) < 4.78 is 0. The monoisotopic (exact) mass is 278 g/mol. The van der Waals surface area contributed by atoms with Crippen molar-refractivity contribution in [2.45, 2.75) is 44.6 Å². The number of rotatable bonds is 6. The fourth-order valence-electron chi connectivity index (χ4n) is 2.82. The summed E-state index contributed by atoms with van der Waals surface area (Å²) >= 11 is 0. The summed E-state index contributed by atoms with van der Waals surface area (Å²) in [5.41, 5.74) is 1.01. The molecule has 0 spiro atoms. The molecule has 1 fully saturated rings. The molecule has 1 aromatic carbocycles. The zero-order chi connectivity index (χ0) is 14.4. The van der Waals surface area contributed by atoms with Crippen molar-refractivity contribution in [3.05, 3.63) is 34.4 Å². The van der Waals surface area contributed by atoms with E-state index in [9.17, 15) is 15.2 Å². The molecular weight excluding hydrogens is 256 g/mol. The maximum Gasteiger partial charge on any atom is 0.269 e. The SMILES string of the molecule is O=[N+]([O-])c1ccc(NCCCC2CCCCC2O)cc1. The van der Waals surface area contributed by atoms with E-state index in [1.165, 1.54) is 18.6 Å². The summed E-state index contributed by atoms with van der Waals surface area (Å²) in [5, 5.41) is 23.7. The van der Waals surface area contributed by atoms with Gasteiger partial charge in [-0.3, -0.25) is 10.1 Å². The average Bonchev–Trinajstić information content (AvgIpc) is 2.46. The zero-order valence-corrected chi connectivity index (χ0v) is 11.6. The molecule has 5 nitrogen and oxygen atoms in total. The Kier molecular flexibility index (Phi) is 5.35. The Hall–Kier alpha value is -1.62. The van der Waals surface area contributed by atoms with E-state index < -0.39 is 4.92 Å². The molecule has 0 amide bonds. The average molecular weight is 278 g/mol. The van der Waals surface area contributed by atoms with Gasteiger partial charge in [0.05, 0.1) is 11.0 Å². The number of non-ortho nitro benzene ring substituents is 1. The molecule has 20 heavy (non-hydrogen) atoms. The van der Waals surface area contributed by atoms with Crippen molar-refractivity contribution >= 4 is 11.4 Å². The minimum Gasteiger partial charge on any atom is -0.393 e. The van der Waals surface area contributed by atoms with Crippen LogP contribution in [0.1, 0.15) is 38.5 Å². The maximum atomic E-state index is 10.5. The van der Waals surface area contributed by atoms with E-state index in [-0.39, 0.29) is 11.8 Å². The highest BCUT2D eigenvalue weighted by Crippen LogP contribution is 2.27. The molecule has 2 N–H and O–H groups in total. The summed E-state index contributed by atoms with van der Waals surface area (Å²) in [6.45, 7) is 0.834. The van der Waals surface area contributed by atoms with Gasteiger partial charge in [0.25, 0.3) is 5.69 Å². The minimum atomic E-state index is -0.395. The second-order valence-corrected chi connectivity index (χ2v) is 5.48. The Morgan fingerprint density at radius 3 is 2.60 bits per heavy atom. The van der Waals surface area contributed by atoms with Gasteiger partial charge in [0.1, 0.15) is 0 Å². The number of hydrogen-bond acceptors (Lipinski definition) is 4. The van der Waals surface area contributed by atoms with E-state index in [1.54, 1.807) is 12.1 Å². The number of anilines is 1. The highest BCUT2D eigenvalue weighted by molar-refractivity contribution is 5.48. The molecule has 0 aliphatic heterocycles. The number of benzene rings is 1. The lowest BCUT2D eigenvalue weighted by Gasteiger charge is -2.27. The molecule has 1 aliphatic rings. The topological polar surface area (TPSA) is 75.4 Å². The van der Waals surface area contributed by atoms with Gasteiger partial charge in [0.15, 0.2) is 0 Å². The Morgan fingerprint density at radius 2 is 1.95 bits per heavy atom. The molecule has 1 saturated carbocycles. The fraction of sp³-hybridized carbons (Fsp3) is 0.600. The largest absolute Gasteiger partial charge is 0.393 e. The predicted molar refractivity (Wildman–Crippen MR) is 78.8 cm³/mol. The van der Waals surface area contributed by atoms with Gasteiger partial charge < -0.3 is 10.4 Å². The van der Waals surface area contributed by atoms with Gasteiger partial charge in [-0.15, -0.1) is 0 Å². The van der Waals surface area contributed by atoms with E-state index in [0.29, 0.717) is 5.92 Å². The third kappa shape index (κ3) is 4.20. The van der Waals surface area contributed by atoms with Crippen molar-refractivity contribution in [3.8, 4) is 0 Å². The van der Waals surface area contributed by atoms with Gasteiger partial charge in [-0.05, 0) is 43.7 Å². The van der Waals surface area contributed by atoms with Crippen LogP contribution < -0.4 is 5.32 Å². The lowest BCUT2D eigenvalue weighted by atomic mass is 9.83. The molecule has 1 aliphatic carbocycles. The van der Waals surface area contributed by atoms with Crippen LogP contribution in [0.25, 0.3) is 0 Å². The smallest absolute Gasteiger partial charge is 0.269 e. The van der Waals surface area contributed by atoms with E-state index >= 15 is 0 Å². The number of nitro benzene ring substituents is 1. The van der Waals surface area contributed by atoms with Crippen molar-refractivity contribution in [2.75, 3.05) is 11.9 Å². The fourth-order valence-corrected chi connectivity index (χ4v) is 2.82. The quantitative estimate of drug-likeness (QED) is 0.475. The molecule has 0 saturated heterocycles. The molecule has 0 heterocycles. The van der Waals surface area contributed by atoms with Crippen LogP contribution in [-0.4, -0.2) is 22.7 Å². The first kappa shape index (κ1) is 14.8. The van der Waals surface area contributed by atoms with Crippen LogP contribution in [0.2, 0.25) is 0 Å². The highest BCUT2D eigenvalue weighted by atomic mass is 16.6. The van der Waals surface area contributed by atoms with Crippen LogP contribution in [0.5, 0.6) is 0 Å². The first-order valence-electron chi connectivity index (χ1n) is 7.33. The van der Waals surface area contributed by atoms with E-state index in [0.717, 1.165) is 44.3 Å². The molecule has 2 rings (SSSR count). The third-order valence-corrected chi connectivity index (χ3v) is 4.03. The molecule has 2 unspecified atom stereocenters. The molecule has 0 radical (unpaired) electrons. The first-order valence-corrected chi connectivity index (χ1v) is 7.33. The van der Waals surface area contributed by atoms with Crippen molar-refractivity contribution in [1.82, 2.24) is 0 Å². The third-order valence-electron chi connectivity index (χ3n) is 4.03. The zero-order valence-electron chi connectivity index (χ0n) is 11.6. The molecule has 110 valence electrons. The second-order valence-electron chi connectivity index (χ2n) is 5.48. The number of aliphatic hydroxyl groups is 1. The molecule has 1 aromatic rings. The highest BCUT2D eigenvalue weighted by Gasteiger charge is 2.22. The van der Waals surface area contributed by atoms with Crippen LogP contribution >= 0.6 is 0 Å². The van der Waals surface area contributed by atoms with Crippen LogP contribution in [-0.2, 0) is 0 Å². The molecular formula is C15H22N2O3. The Balaban J connectivity index is 1.69. The van der Waals surface area contributed by atoms with Gasteiger partial charge in [-0.2, -0.15) is 0 Å². The number of nitrogens with one attached hydrogen (secondary N) is 1. The lowest BCUT2D eigenvalue weighted by Crippen LogP contribution is -2.24. The van der Waals surface area contributed by atoms with Gasteiger partial charge in [0, 0.05) is 24.4 Å².